The second-order valence-corrected chi connectivity index (χ2v) is 28.9. The molecule has 46 heavy (non-hydrogen) atoms. The molecule has 0 spiro atoms. The molecule has 0 fully saturated rings. The van der Waals surface area contributed by atoms with Crippen LogP contribution in [0.25, 0.3) is 0 Å². The van der Waals surface area contributed by atoms with Gasteiger partial charge in [0.15, 0.2) is 0 Å². The minimum atomic E-state index is -5.54. The maximum absolute atomic E-state index is 12.5. The molecule has 0 saturated carbocycles. The van der Waals surface area contributed by atoms with E-state index in [2.05, 4.69) is 13.2 Å². The first-order valence-electron chi connectivity index (χ1n) is 10.3. The van der Waals surface area contributed by atoms with E-state index in [1.807, 2.05) is 0 Å². The third-order valence-corrected chi connectivity index (χ3v) is 50.6. The molecule has 0 aliphatic carbocycles. The van der Waals surface area contributed by atoms with Gasteiger partial charge < -0.3 is 0 Å². The van der Waals surface area contributed by atoms with Gasteiger partial charge >= 0.3 is 309 Å². The SMILES string of the molecule is O=C([O][Hg])C(F)(F)F.O=C([O][Hg][c]1[cH-][c]([Hg][O]C(=O)C(F)(F)F)[c]([Hg][O]C(=O)C(F)(F)F)[c]1[Hg][O]C(=O)C(F)(F)F)C(F)(F)F.[Co]. The Kier molecular flexibility index (Phi) is 21.3. The molecule has 1 rings (SSSR count). The van der Waals surface area contributed by atoms with Crippen molar-refractivity contribution >= 4 is 42.1 Å². The van der Waals surface area contributed by atoms with Gasteiger partial charge in [0.2, 0.25) is 0 Å². The Balaban J connectivity index is 0. The van der Waals surface area contributed by atoms with Crippen molar-refractivity contribution < 1.29 is 247 Å². The van der Waals surface area contributed by atoms with Crippen molar-refractivity contribution in [1.82, 2.24) is 0 Å². The van der Waals surface area contributed by atoms with Crippen LogP contribution in [0.4, 0.5) is 65.9 Å². The molecular formula is C15HCoF15Hg5O10-. The number of carbonyl (C=O) groups is 5. The molecule has 0 aliphatic rings. The molecule has 0 bridgehead atoms. The van der Waals surface area contributed by atoms with E-state index < -0.39 is 200 Å². The van der Waals surface area contributed by atoms with Crippen LogP contribution in [0.3, 0.4) is 0 Å². The molecule has 0 unspecified atom stereocenters. The number of alkyl halides is 15. The number of carbonyl (C=O) groups excluding carboxylic acids is 5. The molecule has 0 amide bonds. The summed E-state index contributed by atoms with van der Waals surface area (Å²) < 4.78 is 201. The van der Waals surface area contributed by atoms with Crippen LogP contribution < -0.4 is 12.3 Å². The van der Waals surface area contributed by atoms with Gasteiger partial charge in [0.05, 0.1) is 0 Å². The van der Waals surface area contributed by atoms with E-state index in [1.165, 1.54) is 0 Å². The third-order valence-electron chi connectivity index (χ3n) is 4.19. The molecule has 31 heteroatoms. The molecular weight excluding hydrogens is 1690 g/mol. The molecule has 0 aliphatic heterocycles. The Morgan fingerprint density at radius 3 is 0.848 bits per heavy atom. The van der Waals surface area contributed by atoms with Crippen LogP contribution in [0.5, 0.6) is 0 Å². The molecule has 1 radical (unpaired) electrons. The molecule has 10 nitrogen and oxygen atoms in total. The summed E-state index contributed by atoms with van der Waals surface area (Å²) in [6.07, 6.45) is -26.9. The van der Waals surface area contributed by atoms with Gasteiger partial charge in [-0.25, -0.2) is 0 Å². The second kappa shape index (κ2) is 20.0. The zero-order valence-corrected chi connectivity index (χ0v) is 49.7. The average molecular weight is 1690 g/mol. The van der Waals surface area contributed by atoms with Crippen molar-refractivity contribution in [2.45, 2.75) is 30.9 Å². The first-order valence-corrected chi connectivity index (χ1v) is 32.5. The monoisotopic (exact) mass is 1690 g/mol. The van der Waals surface area contributed by atoms with E-state index >= 15 is 0 Å². The summed E-state index contributed by atoms with van der Waals surface area (Å²) >= 11 is -16.1. The van der Waals surface area contributed by atoms with Gasteiger partial charge in [0.1, 0.15) is 0 Å². The molecule has 0 N–H and O–H groups in total. The molecule has 0 atom stereocenters. The summed E-state index contributed by atoms with van der Waals surface area (Å²) in [7, 11) is 0. The van der Waals surface area contributed by atoms with Crippen molar-refractivity contribution in [3.8, 4) is 0 Å². The molecule has 246 valence electrons. The van der Waals surface area contributed by atoms with Crippen LogP contribution in [0, 0.1) is 0 Å². The smallest absolute Gasteiger partial charge is 0 e. The molecule has 1 aromatic carbocycles. The molecule has 1 aromatic rings. The third kappa shape index (κ3) is 18.2. The van der Waals surface area contributed by atoms with Gasteiger partial charge in [-0.2, -0.15) is 0 Å². The molecule has 0 aromatic heterocycles. The van der Waals surface area contributed by atoms with Crippen molar-refractivity contribution in [3.05, 3.63) is 6.07 Å². The number of rotatable bonds is 8. The van der Waals surface area contributed by atoms with Crippen molar-refractivity contribution in [2.75, 3.05) is 0 Å². The first kappa shape index (κ1) is 48.9. The first-order chi connectivity index (χ1) is 20.0. The summed E-state index contributed by atoms with van der Waals surface area (Å²) in [5.74, 6) is -13.0. The van der Waals surface area contributed by atoms with E-state index in [4.69, 9.17) is 0 Å². The topological polar surface area (TPSA) is 132 Å². The predicted molar refractivity (Wildman–Crippen MR) is 81.3 cm³/mol. The van der Waals surface area contributed by atoms with E-state index in [9.17, 15) is 89.8 Å². The van der Waals surface area contributed by atoms with Crippen molar-refractivity contribution in [3.63, 3.8) is 0 Å². The minimum absolute atomic E-state index is 0. The predicted octanol–water partition coefficient (Wildman–Crippen LogP) is 0.870. The molecule has 0 saturated heterocycles. The molecule has 0 heterocycles. The van der Waals surface area contributed by atoms with E-state index in [0.29, 0.717) is 0 Å². The summed E-state index contributed by atoms with van der Waals surface area (Å²) in [5, 5.41) is 0. The van der Waals surface area contributed by atoms with E-state index in [1.54, 1.807) is 0 Å². The van der Waals surface area contributed by atoms with Gasteiger partial charge in [-0.05, 0) is 0 Å². The Morgan fingerprint density at radius 1 is 0.457 bits per heavy atom. The van der Waals surface area contributed by atoms with Gasteiger partial charge in [0, 0.05) is 16.8 Å². The zero-order chi connectivity index (χ0) is 35.8. The summed E-state index contributed by atoms with van der Waals surface area (Å²) in [6.45, 7) is 0. The van der Waals surface area contributed by atoms with Gasteiger partial charge in [0.25, 0.3) is 0 Å². The summed E-state index contributed by atoms with van der Waals surface area (Å²) in [6, 6.07) is 0.754. The van der Waals surface area contributed by atoms with Crippen LogP contribution in [-0.4, -0.2) is 60.7 Å². The fourth-order valence-electron chi connectivity index (χ4n) is 2.36. The second-order valence-electron chi connectivity index (χ2n) is 7.38. The van der Waals surface area contributed by atoms with Crippen molar-refractivity contribution in [2.24, 2.45) is 0 Å². The fraction of sp³-hybridized carbons (Fsp3) is 0.333. The number of halogens is 15. The van der Waals surface area contributed by atoms with E-state index in [-0.39, 0.29) is 16.8 Å². The zero-order valence-electron chi connectivity index (χ0n) is 21.2. The Bertz CT molecular complexity index is 1160. The van der Waals surface area contributed by atoms with Gasteiger partial charge in [-0.15, -0.1) is 0 Å². The maximum Gasteiger partial charge on any atom is 0 e. The number of hydrogen-bond donors (Lipinski definition) is 0. The van der Waals surface area contributed by atoms with Gasteiger partial charge in [-0.1, -0.05) is 0 Å². The fourth-order valence-corrected chi connectivity index (χ4v) is 53.7. The minimum Gasteiger partial charge on any atom is 0 e. The van der Waals surface area contributed by atoms with Crippen molar-refractivity contribution in [1.29, 1.82) is 0 Å². The number of hydrogen-bond acceptors (Lipinski definition) is 10. The standard InChI is InChI=1S/C5H.5C2HF3O2.Co.5Hg/c1-2-4-5-3-1;5*3-2(4,5)1(6)7;;;;;;/h1H;5*(H,6,7);;;;;;/q-1;;;;;;;5*+1/p-5. The van der Waals surface area contributed by atoms with Gasteiger partial charge in [-0.3, -0.25) is 0 Å². The van der Waals surface area contributed by atoms with Crippen LogP contribution in [0.2, 0.25) is 0 Å². The summed E-state index contributed by atoms with van der Waals surface area (Å²) in [4.78, 5) is 53.7. The summed E-state index contributed by atoms with van der Waals surface area (Å²) in [5.41, 5.74) is 0. The average Bonchev–Trinajstić information content (AvgIpc) is 3.20. The Hall–Kier alpha value is 0.832. The van der Waals surface area contributed by atoms with Crippen LogP contribution in [0.1, 0.15) is 0 Å². The quantitative estimate of drug-likeness (QED) is 0.210. The largest absolute Gasteiger partial charge is 0 e. The van der Waals surface area contributed by atoms with Crippen LogP contribution in [0.15, 0.2) is 6.07 Å². The van der Waals surface area contributed by atoms with Crippen LogP contribution >= 0.6 is 0 Å². The van der Waals surface area contributed by atoms with Crippen LogP contribution in [-0.2, 0) is 181 Å². The van der Waals surface area contributed by atoms with E-state index in [0.717, 1.165) is 6.07 Å². The normalized spacial score (nSPS) is 11.4. The maximum atomic E-state index is 12.5. The Morgan fingerprint density at radius 2 is 0.674 bits per heavy atom. The Labute approximate surface area is 321 Å².